The SMILES string of the molecule is COCC(C)NS(=O)(=O)N(C)CCC(=O)O. The third-order valence-electron chi connectivity index (χ3n) is 1.82. The number of carbonyl (C=O) groups is 1. The van der Waals surface area contributed by atoms with Crippen LogP contribution >= 0.6 is 0 Å². The smallest absolute Gasteiger partial charge is 0.304 e. The maximum atomic E-state index is 11.6. The molecule has 0 aromatic rings. The van der Waals surface area contributed by atoms with Gasteiger partial charge in [-0.3, -0.25) is 4.79 Å². The molecule has 1 unspecified atom stereocenters. The Morgan fingerprint density at radius 2 is 2.12 bits per heavy atom. The van der Waals surface area contributed by atoms with Crippen LogP contribution in [0.3, 0.4) is 0 Å². The molecule has 1 atom stereocenters. The van der Waals surface area contributed by atoms with Gasteiger partial charge in [-0.2, -0.15) is 17.4 Å². The molecule has 0 rings (SSSR count). The van der Waals surface area contributed by atoms with Gasteiger partial charge >= 0.3 is 5.97 Å². The van der Waals surface area contributed by atoms with Crippen molar-refractivity contribution in [1.82, 2.24) is 9.03 Å². The van der Waals surface area contributed by atoms with Crippen molar-refractivity contribution < 1.29 is 23.1 Å². The van der Waals surface area contributed by atoms with Crippen LogP contribution in [-0.4, -0.2) is 57.1 Å². The van der Waals surface area contributed by atoms with Crippen molar-refractivity contribution in [3.05, 3.63) is 0 Å². The molecule has 0 heterocycles. The topological polar surface area (TPSA) is 95.9 Å². The van der Waals surface area contributed by atoms with Crippen LogP contribution in [0.15, 0.2) is 0 Å². The van der Waals surface area contributed by atoms with Crippen LogP contribution in [0, 0.1) is 0 Å². The van der Waals surface area contributed by atoms with E-state index in [1.165, 1.54) is 14.2 Å². The highest BCUT2D eigenvalue weighted by Crippen LogP contribution is 1.98. The van der Waals surface area contributed by atoms with Gasteiger partial charge in [0, 0.05) is 26.7 Å². The predicted molar refractivity (Wildman–Crippen MR) is 58.3 cm³/mol. The summed E-state index contributed by atoms with van der Waals surface area (Å²) in [4.78, 5) is 10.3. The summed E-state index contributed by atoms with van der Waals surface area (Å²) in [6.07, 6.45) is -0.226. The minimum atomic E-state index is -3.64. The van der Waals surface area contributed by atoms with E-state index >= 15 is 0 Å². The number of hydrogen-bond donors (Lipinski definition) is 2. The van der Waals surface area contributed by atoms with E-state index in [1.54, 1.807) is 6.92 Å². The molecule has 0 aliphatic carbocycles. The number of hydrogen-bond acceptors (Lipinski definition) is 4. The normalized spacial score (nSPS) is 14.0. The fraction of sp³-hybridized carbons (Fsp3) is 0.875. The zero-order valence-electron chi connectivity index (χ0n) is 9.63. The molecule has 0 amide bonds. The van der Waals surface area contributed by atoms with Crippen LogP contribution in [0.2, 0.25) is 0 Å². The molecule has 96 valence electrons. The Balaban J connectivity index is 4.25. The lowest BCUT2D eigenvalue weighted by Gasteiger charge is -2.20. The molecule has 8 heteroatoms. The Labute approximate surface area is 95.6 Å². The van der Waals surface area contributed by atoms with Crippen molar-refractivity contribution in [3.8, 4) is 0 Å². The van der Waals surface area contributed by atoms with Gasteiger partial charge in [-0.1, -0.05) is 0 Å². The Bertz CT molecular complexity index is 316. The Morgan fingerprint density at radius 3 is 2.56 bits per heavy atom. The predicted octanol–water partition coefficient (Wildman–Crippen LogP) is -0.738. The quantitative estimate of drug-likeness (QED) is 0.595. The summed E-state index contributed by atoms with van der Waals surface area (Å²) in [7, 11) is -0.842. The number of rotatable bonds is 8. The van der Waals surface area contributed by atoms with Crippen molar-refractivity contribution in [1.29, 1.82) is 0 Å². The molecule has 0 aromatic heterocycles. The Morgan fingerprint density at radius 1 is 1.56 bits per heavy atom. The van der Waals surface area contributed by atoms with Gasteiger partial charge in [0.2, 0.25) is 0 Å². The van der Waals surface area contributed by atoms with E-state index in [1.807, 2.05) is 0 Å². The number of nitrogens with zero attached hydrogens (tertiary/aromatic N) is 1. The van der Waals surface area contributed by atoms with Crippen LogP contribution in [0.4, 0.5) is 0 Å². The first kappa shape index (κ1) is 15.3. The third-order valence-corrected chi connectivity index (χ3v) is 3.52. The highest BCUT2D eigenvalue weighted by atomic mass is 32.2. The van der Waals surface area contributed by atoms with Crippen LogP contribution in [0.5, 0.6) is 0 Å². The summed E-state index contributed by atoms with van der Waals surface area (Å²) in [6, 6.07) is -0.359. The monoisotopic (exact) mass is 254 g/mol. The van der Waals surface area contributed by atoms with Gasteiger partial charge in [0.15, 0.2) is 0 Å². The van der Waals surface area contributed by atoms with Gasteiger partial charge < -0.3 is 9.84 Å². The lowest BCUT2D eigenvalue weighted by molar-refractivity contribution is -0.137. The Kier molecular flexibility index (Phi) is 6.49. The van der Waals surface area contributed by atoms with Gasteiger partial charge in [0.1, 0.15) is 0 Å². The average molecular weight is 254 g/mol. The number of carboxylic acids is 1. The summed E-state index contributed by atoms with van der Waals surface area (Å²) < 4.78 is 31.3. The number of methoxy groups -OCH3 is 1. The fourth-order valence-corrected chi connectivity index (χ4v) is 2.09. The largest absolute Gasteiger partial charge is 0.481 e. The second-order valence-corrected chi connectivity index (χ2v) is 5.25. The average Bonchev–Trinajstić information content (AvgIpc) is 2.13. The summed E-state index contributed by atoms with van der Waals surface area (Å²) >= 11 is 0. The summed E-state index contributed by atoms with van der Waals surface area (Å²) in [6.45, 7) is 1.85. The van der Waals surface area contributed by atoms with Gasteiger partial charge in [-0.15, -0.1) is 0 Å². The molecule has 0 bridgehead atoms. The molecule has 0 saturated carbocycles. The van der Waals surface area contributed by atoms with Crippen LogP contribution in [0.25, 0.3) is 0 Å². The second kappa shape index (κ2) is 6.79. The summed E-state index contributed by atoms with van der Waals surface area (Å²) in [5.41, 5.74) is 0. The molecule has 0 aliphatic rings. The van der Waals surface area contributed by atoms with Crippen LogP contribution < -0.4 is 4.72 Å². The van der Waals surface area contributed by atoms with Crippen molar-refractivity contribution in [2.45, 2.75) is 19.4 Å². The van der Waals surface area contributed by atoms with Gasteiger partial charge in [0.25, 0.3) is 10.2 Å². The van der Waals surface area contributed by atoms with E-state index in [0.717, 1.165) is 4.31 Å². The molecule has 0 fully saturated rings. The molecule has 0 saturated heterocycles. The lowest BCUT2D eigenvalue weighted by Crippen LogP contribution is -2.44. The number of ether oxygens (including phenoxy) is 1. The first-order valence-electron chi connectivity index (χ1n) is 4.74. The number of aliphatic carboxylic acids is 1. The van der Waals surface area contributed by atoms with Gasteiger partial charge in [0.05, 0.1) is 13.0 Å². The molecule has 7 nitrogen and oxygen atoms in total. The molecular weight excluding hydrogens is 236 g/mol. The minimum Gasteiger partial charge on any atom is -0.481 e. The van der Waals surface area contributed by atoms with Gasteiger partial charge in [-0.05, 0) is 6.92 Å². The number of nitrogens with one attached hydrogen (secondary N) is 1. The fourth-order valence-electron chi connectivity index (χ4n) is 1.00. The van der Waals surface area contributed by atoms with E-state index < -0.39 is 16.2 Å². The zero-order valence-corrected chi connectivity index (χ0v) is 10.5. The standard InChI is InChI=1S/C8H18N2O5S/c1-7(6-15-3)9-16(13,14)10(2)5-4-8(11)12/h7,9H,4-6H2,1-3H3,(H,11,12). The maximum absolute atomic E-state index is 11.6. The van der Waals surface area contributed by atoms with E-state index in [0.29, 0.717) is 0 Å². The zero-order chi connectivity index (χ0) is 12.8. The molecule has 0 aliphatic heterocycles. The van der Waals surface area contributed by atoms with E-state index in [4.69, 9.17) is 9.84 Å². The molecular formula is C8H18N2O5S. The van der Waals surface area contributed by atoms with E-state index in [2.05, 4.69) is 4.72 Å². The first-order valence-corrected chi connectivity index (χ1v) is 6.18. The molecule has 16 heavy (non-hydrogen) atoms. The lowest BCUT2D eigenvalue weighted by atomic mass is 10.4. The van der Waals surface area contributed by atoms with Crippen molar-refractivity contribution in [2.24, 2.45) is 0 Å². The molecule has 0 radical (unpaired) electrons. The molecule has 0 spiro atoms. The highest BCUT2D eigenvalue weighted by Gasteiger charge is 2.20. The maximum Gasteiger partial charge on any atom is 0.304 e. The van der Waals surface area contributed by atoms with Gasteiger partial charge in [-0.25, -0.2) is 0 Å². The van der Waals surface area contributed by atoms with E-state index in [-0.39, 0.29) is 25.6 Å². The summed E-state index contributed by atoms with van der Waals surface area (Å²) in [5.74, 6) is -1.04. The van der Waals surface area contributed by atoms with Crippen LogP contribution in [0.1, 0.15) is 13.3 Å². The second-order valence-electron chi connectivity index (χ2n) is 3.44. The van der Waals surface area contributed by atoms with Crippen LogP contribution in [-0.2, 0) is 19.7 Å². The third kappa shape index (κ3) is 6.01. The summed E-state index contributed by atoms with van der Waals surface area (Å²) in [5, 5.41) is 8.43. The molecule has 0 aromatic carbocycles. The highest BCUT2D eigenvalue weighted by molar-refractivity contribution is 7.87. The van der Waals surface area contributed by atoms with Crippen molar-refractivity contribution >= 4 is 16.2 Å². The Hall–Kier alpha value is -0.700. The molecule has 2 N–H and O–H groups in total. The number of carboxylic acid groups (broad SMARTS) is 1. The minimum absolute atomic E-state index is 0.0651. The van der Waals surface area contributed by atoms with Crippen molar-refractivity contribution in [3.63, 3.8) is 0 Å². The van der Waals surface area contributed by atoms with E-state index in [9.17, 15) is 13.2 Å². The first-order chi connectivity index (χ1) is 7.29. The van der Waals surface area contributed by atoms with Crippen molar-refractivity contribution in [2.75, 3.05) is 27.3 Å².